The van der Waals surface area contributed by atoms with Gasteiger partial charge in [-0.1, -0.05) is 17.7 Å². The summed E-state index contributed by atoms with van der Waals surface area (Å²) < 4.78 is 32.8. The fourth-order valence-electron chi connectivity index (χ4n) is 3.71. The number of hydrogen-bond acceptors (Lipinski definition) is 5. The monoisotopic (exact) mass is 445 g/mol. The molecule has 0 bridgehead atoms. The van der Waals surface area contributed by atoms with Gasteiger partial charge in [0.2, 0.25) is 15.9 Å². The van der Waals surface area contributed by atoms with E-state index >= 15 is 0 Å². The number of sulfonamides is 1. The van der Waals surface area contributed by atoms with E-state index in [0.29, 0.717) is 38.5 Å². The summed E-state index contributed by atoms with van der Waals surface area (Å²) in [5.41, 5.74) is 2.97. The molecule has 0 aliphatic carbocycles. The summed E-state index contributed by atoms with van der Waals surface area (Å²) in [6.45, 7) is 9.94. The second-order valence-corrected chi connectivity index (χ2v) is 9.77. The fraction of sp³-hybridized carbons (Fsp3) is 0.435. The number of aryl methyl sites for hydroxylation is 2. The first-order chi connectivity index (χ1) is 14.7. The number of piperazine rings is 1. The molecular formula is C23H31N3O4S. The number of carbonyl (C=O) groups excluding carboxylic acids is 1. The number of benzene rings is 2. The number of anilines is 1. The van der Waals surface area contributed by atoms with Crippen LogP contribution < -0.4 is 10.1 Å². The van der Waals surface area contributed by atoms with Crippen LogP contribution in [-0.2, 0) is 14.8 Å². The maximum atomic E-state index is 13.0. The van der Waals surface area contributed by atoms with Crippen molar-refractivity contribution < 1.29 is 17.9 Å². The lowest BCUT2D eigenvalue weighted by Gasteiger charge is -2.36. The molecule has 2 aromatic rings. The highest BCUT2D eigenvalue weighted by atomic mass is 32.2. The second kappa shape index (κ2) is 9.80. The van der Waals surface area contributed by atoms with E-state index in [1.165, 1.54) is 4.31 Å². The standard InChI is InChI=1S/C23H31N3O4S/c1-5-30-20-7-9-21(10-8-20)31(28,29)26-14-12-25(13-15-26)19(4)23(27)24-22-11-6-17(2)16-18(22)3/h6-11,16,19H,5,12-15H2,1-4H3,(H,24,27). The molecule has 1 heterocycles. The van der Waals surface area contributed by atoms with Crippen LogP contribution in [0.4, 0.5) is 5.69 Å². The normalized spacial score (nSPS) is 16.6. The van der Waals surface area contributed by atoms with Gasteiger partial charge in [0.05, 0.1) is 17.5 Å². The summed E-state index contributed by atoms with van der Waals surface area (Å²) in [4.78, 5) is 15.0. The second-order valence-electron chi connectivity index (χ2n) is 7.83. The molecule has 1 atom stereocenters. The molecule has 1 aliphatic heterocycles. The quantitative estimate of drug-likeness (QED) is 0.709. The third-order valence-corrected chi connectivity index (χ3v) is 7.53. The van der Waals surface area contributed by atoms with Crippen LogP contribution in [0.15, 0.2) is 47.4 Å². The summed E-state index contributed by atoms with van der Waals surface area (Å²) in [5.74, 6) is 0.560. The van der Waals surface area contributed by atoms with Crippen molar-refractivity contribution in [2.45, 2.75) is 38.6 Å². The zero-order chi connectivity index (χ0) is 22.6. The first-order valence-electron chi connectivity index (χ1n) is 10.6. The molecule has 8 heteroatoms. The molecule has 1 N–H and O–H groups in total. The molecule has 1 unspecified atom stereocenters. The number of hydrogen-bond donors (Lipinski definition) is 1. The van der Waals surface area contributed by atoms with E-state index in [1.54, 1.807) is 24.3 Å². The molecule has 1 fully saturated rings. The minimum Gasteiger partial charge on any atom is -0.494 e. The van der Waals surface area contributed by atoms with E-state index in [0.717, 1.165) is 16.8 Å². The lowest BCUT2D eigenvalue weighted by Crippen LogP contribution is -2.53. The Morgan fingerprint density at radius 3 is 2.29 bits per heavy atom. The van der Waals surface area contributed by atoms with Crippen molar-refractivity contribution in [3.8, 4) is 5.75 Å². The Morgan fingerprint density at radius 2 is 1.71 bits per heavy atom. The molecule has 7 nitrogen and oxygen atoms in total. The van der Waals surface area contributed by atoms with E-state index in [2.05, 4.69) is 5.32 Å². The number of rotatable bonds is 7. The Hall–Kier alpha value is -2.42. The molecule has 1 saturated heterocycles. The maximum Gasteiger partial charge on any atom is 0.243 e. The number of carbonyl (C=O) groups is 1. The van der Waals surface area contributed by atoms with Crippen LogP contribution in [0.1, 0.15) is 25.0 Å². The Bertz CT molecular complexity index is 1010. The Morgan fingerprint density at radius 1 is 1.06 bits per heavy atom. The van der Waals surface area contributed by atoms with Crippen LogP contribution in [0.25, 0.3) is 0 Å². The third kappa shape index (κ3) is 5.44. The van der Waals surface area contributed by atoms with Gasteiger partial charge < -0.3 is 10.1 Å². The van der Waals surface area contributed by atoms with Crippen LogP contribution in [0.3, 0.4) is 0 Å². The summed E-state index contributed by atoms with van der Waals surface area (Å²) in [5, 5.41) is 2.99. The summed E-state index contributed by atoms with van der Waals surface area (Å²) in [6.07, 6.45) is 0. The van der Waals surface area contributed by atoms with Gasteiger partial charge in [0.1, 0.15) is 5.75 Å². The van der Waals surface area contributed by atoms with Crippen molar-refractivity contribution in [2.24, 2.45) is 0 Å². The highest BCUT2D eigenvalue weighted by Gasteiger charge is 2.32. The first kappa shape index (κ1) is 23.2. The van der Waals surface area contributed by atoms with E-state index in [-0.39, 0.29) is 16.8 Å². The lowest BCUT2D eigenvalue weighted by molar-refractivity contribution is -0.121. The predicted octanol–water partition coefficient (Wildman–Crippen LogP) is 3.04. The van der Waals surface area contributed by atoms with Crippen LogP contribution >= 0.6 is 0 Å². The molecule has 1 amide bonds. The molecule has 0 aromatic heterocycles. The average molecular weight is 446 g/mol. The van der Waals surface area contributed by atoms with Gasteiger partial charge >= 0.3 is 0 Å². The van der Waals surface area contributed by atoms with Gasteiger partial charge in [0.15, 0.2) is 0 Å². The van der Waals surface area contributed by atoms with Crippen LogP contribution in [0.2, 0.25) is 0 Å². The Kier molecular flexibility index (Phi) is 7.35. The molecule has 1 aliphatic rings. The van der Waals surface area contributed by atoms with Crippen molar-refractivity contribution in [3.05, 3.63) is 53.6 Å². The molecule has 0 saturated carbocycles. The van der Waals surface area contributed by atoms with Gasteiger partial charge in [-0.15, -0.1) is 0 Å². The lowest BCUT2D eigenvalue weighted by atomic mass is 10.1. The molecule has 3 rings (SSSR count). The van der Waals surface area contributed by atoms with Gasteiger partial charge in [-0.3, -0.25) is 9.69 Å². The molecule has 0 spiro atoms. The smallest absolute Gasteiger partial charge is 0.243 e. The zero-order valence-electron chi connectivity index (χ0n) is 18.6. The molecule has 168 valence electrons. The van der Waals surface area contributed by atoms with Gasteiger partial charge in [-0.25, -0.2) is 8.42 Å². The van der Waals surface area contributed by atoms with Crippen molar-refractivity contribution in [1.29, 1.82) is 0 Å². The third-order valence-electron chi connectivity index (χ3n) is 5.61. The van der Waals surface area contributed by atoms with Crippen LogP contribution in [-0.4, -0.2) is 62.4 Å². The largest absolute Gasteiger partial charge is 0.494 e. The molecule has 0 radical (unpaired) electrons. The fourth-order valence-corrected chi connectivity index (χ4v) is 5.13. The predicted molar refractivity (Wildman–Crippen MR) is 122 cm³/mol. The van der Waals surface area contributed by atoms with Gasteiger partial charge in [-0.05, 0) is 63.6 Å². The average Bonchev–Trinajstić information content (AvgIpc) is 2.76. The summed E-state index contributed by atoms with van der Waals surface area (Å²) in [6, 6.07) is 12.1. The van der Waals surface area contributed by atoms with Gasteiger partial charge in [0, 0.05) is 31.9 Å². The van der Waals surface area contributed by atoms with Gasteiger partial charge in [-0.2, -0.15) is 4.31 Å². The first-order valence-corrected chi connectivity index (χ1v) is 12.0. The highest BCUT2D eigenvalue weighted by molar-refractivity contribution is 7.89. The number of amides is 1. The van der Waals surface area contributed by atoms with E-state index in [4.69, 9.17) is 4.74 Å². The van der Waals surface area contributed by atoms with Crippen molar-refractivity contribution in [1.82, 2.24) is 9.21 Å². The van der Waals surface area contributed by atoms with Crippen molar-refractivity contribution in [2.75, 3.05) is 38.1 Å². The van der Waals surface area contributed by atoms with Crippen molar-refractivity contribution >= 4 is 21.6 Å². The number of ether oxygens (including phenoxy) is 1. The molecule has 2 aromatic carbocycles. The zero-order valence-corrected chi connectivity index (χ0v) is 19.4. The summed E-state index contributed by atoms with van der Waals surface area (Å²) >= 11 is 0. The SMILES string of the molecule is CCOc1ccc(S(=O)(=O)N2CCN(C(C)C(=O)Nc3ccc(C)cc3C)CC2)cc1. The Labute approximate surface area is 185 Å². The molecule has 31 heavy (non-hydrogen) atoms. The van der Waals surface area contributed by atoms with Crippen LogP contribution in [0.5, 0.6) is 5.75 Å². The Balaban J connectivity index is 1.59. The highest BCUT2D eigenvalue weighted by Crippen LogP contribution is 2.22. The van der Waals surface area contributed by atoms with Crippen LogP contribution in [0, 0.1) is 13.8 Å². The molecular weight excluding hydrogens is 414 g/mol. The maximum absolute atomic E-state index is 13.0. The number of nitrogens with one attached hydrogen (secondary N) is 1. The van der Waals surface area contributed by atoms with E-state index < -0.39 is 10.0 Å². The van der Waals surface area contributed by atoms with E-state index in [1.807, 2.05) is 50.8 Å². The minimum atomic E-state index is -3.57. The number of nitrogens with zero attached hydrogens (tertiary/aromatic N) is 2. The van der Waals surface area contributed by atoms with Gasteiger partial charge in [0.25, 0.3) is 0 Å². The summed E-state index contributed by atoms with van der Waals surface area (Å²) in [7, 11) is -3.57. The topological polar surface area (TPSA) is 79.0 Å². The minimum absolute atomic E-state index is 0.0882. The van der Waals surface area contributed by atoms with Crippen molar-refractivity contribution in [3.63, 3.8) is 0 Å². The van der Waals surface area contributed by atoms with E-state index in [9.17, 15) is 13.2 Å².